The molecule has 108 valence electrons. The molecule has 2 unspecified atom stereocenters. The third kappa shape index (κ3) is 3.34. The van der Waals surface area contributed by atoms with Crippen molar-refractivity contribution in [3.05, 3.63) is 17.5 Å². The lowest BCUT2D eigenvalue weighted by atomic mass is 9.92. The number of aromatic nitrogens is 2. The molecular weight excluding hydrogens is 254 g/mol. The van der Waals surface area contributed by atoms with E-state index in [4.69, 9.17) is 0 Å². The van der Waals surface area contributed by atoms with Gasteiger partial charge in [0.05, 0.1) is 5.69 Å². The molecule has 4 heteroatoms. The second-order valence-electron chi connectivity index (χ2n) is 5.68. The molecule has 2 atom stereocenters. The molecule has 0 bridgehead atoms. The summed E-state index contributed by atoms with van der Waals surface area (Å²) in [6.07, 6.45) is 4.79. The van der Waals surface area contributed by atoms with Gasteiger partial charge in [0.25, 0.3) is 0 Å². The summed E-state index contributed by atoms with van der Waals surface area (Å²) in [6, 6.07) is 2.82. The molecule has 2 rings (SSSR count). The average molecular weight is 281 g/mol. The maximum atomic E-state index is 4.57. The Balaban J connectivity index is 2.13. The van der Waals surface area contributed by atoms with E-state index in [2.05, 4.69) is 60.7 Å². The van der Waals surface area contributed by atoms with Crippen LogP contribution in [-0.2, 0) is 19.9 Å². The zero-order chi connectivity index (χ0) is 13.9. The van der Waals surface area contributed by atoms with Crippen molar-refractivity contribution < 1.29 is 0 Å². The lowest BCUT2D eigenvalue weighted by Crippen LogP contribution is -2.47. The van der Waals surface area contributed by atoms with Gasteiger partial charge < -0.3 is 5.32 Å². The normalized spacial score (nSPS) is 24.8. The summed E-state index contributed by atoms with van der Waals surface area (Å²) in [5.41, 5.74) is 2.56. The lowest BCUT2D eigenvalue weighted by molar-refractivity contribution is 0.399. The fourth-order valence-electron chi connectivity index (χ4n) is 2.97. The molecule has 0 aliphatic carbocycles. The topological polar surface area (TPSA) is 29.9 Å². The summed E-state index contributed by atoms with van der Waals surface area (Å²) in [6.45, 7) is 7.84. The van der Waals surface area contributed by atoms with Crippen LogP contribution in [0.1, 0.15) is 45.0 Å². The quantitative estimate of drug-likeness (QED) is 0.869. The van der Waals surface area contributed by atoms with E-state index >= 15 is 0 Å². The fourth-order valence-corrected chi connectivity index (χ4v) is 4.38. The summed E-state index contributed by atoms with van der Waals surface area (Å²) < 4.78 is 2.44. The Labute approximate surface area is 121 Å². The maximum Gasteiger partial charge on any atom is 0.0624 e. The Kier molecular flexibility index (Phi) is 4.96. The molecule has 0 aromatic carbocycles. The number of hydrogen-bond acceptors (Lipinski definition) is 3. The molecule has 1 saturated heterocycles. The first-order valence-electron chi connectivity index (χ1n) is 7.48. The molecule has 1 aliphatic rings. The van der Waals surface area contributed by atoms with E-state index in [0.717, 1.165) is 19.4 Å². The predicted octanol–water partition coefficient (Wildman–Crippen LogP) is 2.79. The minimum Gasteiger partial charge on any atom is -0.312 e. The molecule has 0 saturated carbocycles. The summed E-state index contributed by atoms with van der Waals surface area (Å²) in [5, 5.41) is 8.28. The number of hydrogen-bond donors (Lipinski definition) is 1. The van der Waals surface area contributed by atoms with Crippen LogP contribution < -0.4 is 5.32 Å². The zero-order valence-corrected chi connectivity index (χ0v) is 13.5. The van der Waals surface area contributed by atoms with Crippen molar-refractivity contribution in [1.29, 1.82) is 0 Å². The second-order valence-corrected chi connectivity index (χ2v) is 7.31. The van der Waals surface area contributed by atoms with Crippen LogP contribution in [0.25, 0.3) is 0 Å². The number of aryl methyl sites for hydroxylation is 2. The molecule has 0 amide bonds. The van der Waals surface area contributed by atoms with E-state index < -0.39 is 0 Å². The SMILES string of the molecule is CCNC(Cc1cc(CC)nn1C)C1(C)CCCS1. The van der Waals surface area contributed by atoms with Crippen LogP contribution in [0, 0.1) is 0 Å². The number of rotatable bonds is 6. The first kappa shape index (κ1) is 14.9. The van der Waals surface area contributed by atoms with Crippen molar-refractivity contribution in [2.24, 2.45) is 7.05 Å². The van der Waals surface area contributed by atoms with Gasteiger partial charge in [-0.05, 0) is 44.6 Å². The Morgan fingerprint density at radius 3 is 2.84 bits per heavy atom. The zero-order valence-electron chi connectivity index (χ0n) is 12.7. The van der Waals surface area contributed by atoms with Gasteiger partial charge in [0.1, 0.15) is 0 Å². The van der Waals surface area contributed by atoms with Crippen LogP contribution in [0.4, 0.5) is 0 Å². The monoisotopic (exact) mass is 281 g/mol. The van der Waals surface area contributed by atoms with Gasteiger partial charge in [0.15, 0.2) is 0 Å². The fraction of sp³-hybridized carbons (Fsp3) is 0.800. The first-order chi connectivity index (χ1) is 9.09. The van der Waals surface area contributed by atoms with E-state index in [9.17, 15) is 0 Å². The van der Waals surface area contributed by atoms with E-state index in [1.807, 2.05) is 0 Å². The molecule has 0 spiro atoms. The Morgan fingerprint density at radius 2 is 2.32 bits per heavy atom. The van der Waals surface area contributed by atoms with Gasteiger partial charge >= 0.3 is 0 Å². The summed E-state index contributed by atoms with van der Waals surface area (Å²) >= 11 is 2.14. The molecule has 1 aliphatic heterocycles. The highest BCUT2D eigenvalue weighted by Crippen LogP contribution is 2.41. The van der Waals surface area contributed by atoms with Gasteiger partial charge in [-0.2, -0.15) is 16.9 Å². The highest BCUT2D eigenvalue weighted by atomic mass is 32.2. The lowest BCUT2D eigenvalue weighted by Gasteiger charge is -2.34. The Bertz CT molecular complexity index is 408. The van der Waals surface area contributed by atoms with Gasteiger partial charge in [-0.15, -0.1) is 0 Å². The highest BCUT2D eigenvalue weighted by Gasteiger charge is 2.37. The molecular formula is C15H27N3S. The standard InChI is InChI=1S/C15H27N3S/c1-5-12-10-13(18(4)17-12)11-14(16-6-2)15(3)8-7-9-19-15/h10,14,16H,5-9,11H2,1-4H3. The third-order valence-electron chi connectivity index (χ3n) is 4.24. The van der Waals surface area contributed by atoms with E-state index in [1.165, 1.54) is 30.0 Å². The molecule has 1 N–H and O–H groups in total. The van der Waals surface area contributed by atoms with Crippen LogP contribution in [-0.4, -0.2) is 32.9 Å². The molecule has 1 aromatic heterocycles. The predicted molar refractivity (Wildman–Crippen MR) is 83.9 cm³/mol. The van der Waals surface area contributed by atoms with E-state index in [0.29, 0.717) is 10.8 Å². The Morgan fingerprint density at radius 1 is 1.53 bits per heavy atom. The number of thioether (sulfide) groups is 1. The van der Waals surface area contributed by atoms with Gasteiger partial charge in [-0.1, -0.05) is 13.8 Å². The molecule has 3 nitrogen and oxygen atoms in total. The summed E-state index contributed by atoms with van der Waals surface area (Å²) in [5.74, 6) is 1.31. The van der Waals surface area contributed by atoms with Crippen LogP contribution in [0.2, 0.25) is 0 Å². The van der Waals surface area contributed by atoms with E-state index in [1.54, 1.807) is 0 Å². The van der Waals surface area contributed by atoms with E-state index in [-0.39, 0.29) is 0 Å². The number of nitrogens with one attached hydrogen (secondary N) is 1. The molecule has 0 radical (unpaired) electrons. The largest absolute Gasteiger partial charge is 0.312 e. The molecule has 19 heavy (non-hydrogen) atoms. The highest BCUT2D eigenvalue weighted by molar-refractivity contribution is 8.00. The minimum atomic E-state index is 0.382. The van der Waals surface area contributed by atoms with Gasteiger partial charge in [0, 0.05) is 30.0 Å². The van der Waals surface area contributed by atoms with Crippen molar-refractivity contribution in [2.75, 3.05) is 12.3 Å². The van der Waals surface area contributed by atoms with Gasteiger partial charge in [-0.25, -0.2) is 0 Å². The molecule has 1 fully saturated rings. The maximum absolute atomic E-state index is 4.57. The minimum absolute atomic E-state index is 0.382. The molecule has 1 aromatic rings. The van der Waals surface area contributed by atoms with Crippen molar-refractivity contribution in [3.8, 4) is 0 Å². The molecule has 2 heterocycles. The van der Waals surface area contributed by atoms with Crippen molar-refractivity contribution in [2.45, 2.75) is 57.2 Å². The second kappa shape index (κ2) is 6.31. The summed E-state index contributed by atoms with van der Waals surface area (Å²) in [4.78, 5) is 0. The van der Waals surface area contributed by atoms with Gasteiger partial charge in [-0.3, -0.25) is 4.68 Å². The average Bonchev–Trinajstić information content (AvgIpc) is 2.97. The van der Waals surface area contributed by atoms with Crippen molar-refractivity contribution >= 4 is 11.8 Å². The summed E-state index contributed by atoms with van der Waals surface area (Å²) in [7, 11) is 2.07. The first-order valence-corrected chi connectivity index (χ1v) is 8.46. The van der Waals surface area contributed by atoms with Gasteiger partial charge in [0.2, 0.25) is 0 Å². The van der Waals surface area contributed by atoms with Crippen molar-refractivity contribution in [1.82, 2.24) is 15.1 Å². The Hall–Kier alpha value is -0.480. The van der Waals surface area contributed by atoms with Crippen LogP contribution in [0.15, 0.2) is 6.07 Å². The van der Waals surface area contributed by atoms with Crippen LogP contribution >= 0.6 is 11.8 Å². The number of likely N-dealkylation sites (N-methyl/N-ethyl adjacent to an activating group) is 1. The van der Waals surface area contributed by atoms with Crippen LogP contribution in [0.3, 0.4) is 0 Å². The third-order valence-corrected chi connectivity index (χ3v) is 5.88. The smallest absolute Gasteiger partial charge is 0.0624 e. The van der Waals surface area contributed by atoms with Crippen molar-refractivity contribution in [3.63, 3.8) is 0 Å². The van der Waals surface area contributed by atoms with Crippen LogP contribution in [0.5, 0.6) is 0 Å². The number of nitrogens with zero attached hydrogens (tertiary/aromatic N) is 2.